The van der Waals surface area contributed by atoms with Gasteiger partial charge in [-0.2, -0.15) is 0 Å². The van der Waals surface area contributed by atoms with Gasteiger partial charge in [0.1, 0.15) is 18.0 Å². The van der Waals surface area contributed by atoms with Crippen LogP contribution in [0.3, 0.4) is 0 Å². The summed E-state index contributed by atoms with van der Waals surface area (Å²) in [5.74, 6) is 0.893. The highest BCUT2D eigenvalue weighted by atomic mass is 16.6. The first-order chi connectivity index (χ1) is 9.69. The fourth-order valence-corrected chi connectivity index (χ4v) is 2.00. The van der Waals surface area contributed by atoms with E-state index in [0.29, 0.717) is 11.6 Å². The molecule has 0 aliphatic carbocycles. The summed E-state index contributed by atoms with van der Waals surface area (Å²) >= 11 is 0. The molecule has 0 radical (unpaired) electrons. The van der Waals surface area contributed by atoms with Gasteiger partial charge in [0.2, 0.25) is 0 Å². The predicted molar refractivity (Wildman–Crippen MR) is 75.1 cm³/mol. The number of hydrogen-bond acceptors (Lipinski definition) is 5. The highest BCUT2D eigenvalue weighted by Crippen LogP contribution is 2.22. The molecule has 0 aliphatic rings. The van der Waals surface area contributed by atoms with Crippen LogP contribution >= 0.6 is 0 Å². The van der Waals surface area contributed by atoms with Gasteiger partial charge in [0.05, 0.1) is 28.1 Å². The molecule has 0 saturated carbocycles. The summed E-state index contributed by atoms with van der Waals surface area (Å²) in [7, 11) is 1.67. The fourth-order valence-electron chi connectivity index (χ4n) is 2.00. The zero-order valence-electron chi connectivity index (χ0n) is 10.6. The Morgan fingerprint density at radius 3 is 2.85 bits per heavy atom. The Labute approximate surface area is 114 Å². The second kappa shape index (κ2) is 4.61. The number of aromatic nitrogens is 3. The summed E-state index contributed by atoms with van der Waals surface area (Å²) in [6, 6.07) is 10.4. The van der Waals surface area contributed by atoms with Gasteiger partial charge in [-0.1, -0.05) is 12.1 Å². The molecule has 100 valence electrons. The third-order valence-corrected chi connectivity index (χ3v) is 2.96. The molecular weight excluding hydrogens is 258 g/mol. The minimum atomic E-state index is -0.439. The number of fused-ring (bicyclic) bond motifs is 1. The van der Waals surface area contributed by atoms with Crippen LogP contribution in [-0.4, -0.2) is 26.5 Å². The molecule has 0 amide bonds. The molecular formula is C13H11N5O2. The molecule has 3 aromatic rings. The molecule has 7 nitrogen and oxygen atoms in total. The standard InChI is InChI=1S/C13H11N5O2/c1-14-12-6-9(18(19)20)7-13(16-12)17-8-15-10-4-2-3-5-11(10)17/h2-8H,1H3,(H,14,16). The van der Waals surface area contributed by atoms with Crippen molar-refractivity contribution >= 4 is 22.5 Å². The molecule has 7 heteroatoms. The lowest BCUT2D eigenvalue weighted by atomic mass is 10.3. The maximum Gasteiger partial charge on any atom is 0.276 e. The molecule has 2 heterocycles. The number of nitrogens with one attached hydrogen (secondary N) is 1. The number of nitrogens with zero attached hydrogens (tertiary/aromatic N) is 4. The third kappa shape index (κ3) is 1.95. The Hall–Kier alpha value is -2.96. The molecule has 0 aliphatic heterocycles. The lowest BCUT2D eigenvalue weighted by molar-refractivity contribution is -0.384. The molecule has 0 atom stereocenters. The molecule has 1 aromatic carbocycles. The molecule has 0 unspecified atom stereocenters. The van der Waals surface area contributed by atoms with Crippen LogP contribution in [0.15, 0.2) is 42.7 Å². The fraction of sp³-hybridized carbons (Fsp3) is 0.0769. The van der Waals surface area contributed by atoms with Gasteiger partial charge in [-0.25, -0.2) is 9.97 Å². The van der Waals surface area contributed by atoms with Crippen LogP contribution in [0.4, 0.5) is 11.5 Å². The number of hydrogen-bond donors (Lipinski definition) is 1. The van der Waals surface area contributed by atoms with Crippen molar-refractivity contribution in [1.82, 2.24) is 14.5 Å². The van der Waals surface area contributed by atoms with Gasteiger partial charge in [-0.05, 0) is 12.1 Å². The minimum Gasteiger partial charge on any atom is -0.373 e. The first-order valence-electron chi connectivity index (χ1n) is 5.96. The maximum atomic E-state index is 11.0. The summed E-state index contributed by atoms with van der Waals surface area (Å²) in [5.41, 5.74) is 1.64. The van der Waals surface area contributed by atoms with Gasteiger partial charge in [0.25, 0.3) is 5.69 Å². The number of anilines is 1. The third-order valence-electron chi connectivity index (χ3n) is 2.96. The number of pyridine rings is 1. The molecule has 2 aromatic heterocycles. The van der Waals surface area contributed by atoms with Crippen molar-refractivity contribution in [1.29, 1.82) is 0 Å². The largest absolute Gasteiger partial charge is 0.373 e. The Morgan fingerprint density at radius 1 is 1.30 bits per heavy atom. The monoisotopic (exact) mass is 269 g/mol. The van der Waals surface area contributed by atoms with Crippen LogP contribution in [0, 0.1) is 10.1 Å². The lowest BCUT2D eigenvalue weighted by Gasteiger charge is -2.06. The highest BCUT2D eigenvalue weighted by Gasteiger charge is 2.13. The van der Waals surface area contributed by atoms with Gasteiger partial charge >= 0.3 is 0 Å². The van der Waals surface area contributed by atoms with Crippen LogP contribution in [0.5, 0.6) is 0 Å². The van der Waals surface area contributed by atoms with E-state index >= 15 is 0 Å². The van der Waals surface area contributed by atoms with E-state index in [1.807, 2.05) is 24.3 Å². The zero-order chi connectivity index (χ0) is 14.1. The second-order valence-corrected chi connectivity index (χ2v) is 4.18. The number of imidazole rings is 1. The van der Waals surface area contributed by atoms with Gasteiger partial charge in [0.15, 0.2) is 0 Å². The van der Waals surface area contributed by atoms with Crippen molar-refractivity contribution in [3.05, 3.63) is 52.8 Å². The number of benzene rings is 1. The van der Waals surface area contributed by atoms with E-state index in [2.05, 4.69) is 15.3 Å². The first-order valence-corrected chi connectivity index (χ1v) is 5.96. The van der Waals surface area contributed by atoms with E-state index in [1.54, 1.807) is 17.9 Å². The van der Waals surface area contributed by atoms with Crippen molar-refractivity contribution in [2.45, 2.75) is 0 Å². The average molecular weight is 269 g/mol. The Balaban J connectivity index is 2.23. The van der Waals surface area contributed by atoms with E-state index in [0.717, 1.165) is 11.0 Å². The Kier molecular flexibility index (Phi) is 2.79. The molecule has 0 spiro atoms. The lowest BCUT2D eigenvalue weighted by Crippen LogP contribution is -2.02. The van der Waals surface area contributed by atoms with Crippen LogP contribution in [0.1, 0.15) is 0 Å². The summed E-state index contributed by atoms with van der Waals surface area (Å²) in [6.07, 6.45) is 1.61. The van der Waals surface area contributed by atoms with E-state index in [9.17, 15) is 10.1 Å². The molecule has 20 heavy (non-hydrogen) atoms. The van der Waals surface area contributed by atoms with Crippen molar-refractivity contribution in [3.8, 4) is 5.82 Å². The van der Waals surface area contributed by atoms with E-state index in [-0.39, 0.29) is 5.69 Å². The number of para-hydroxylation sites is 2. The number of rotatable bonds is 3. The second-order valence-electron chi connectivity index (χ2n) is 4.18. The van der Waals surface area contributed by atoms with Crippen molar-refractivity contribution in [3.63, 3.8) is 0 Å². The Bertz CT molecular complexity index is 796. The van der Waals surface area contributed by atoms with Crippen molar-refractivity contribution in [2.24, 2.45) is 0 Å². The van der Waals surface area contributed by atoms with Crippen LogP contribution < -0.4 is 5.32 Å². The predicted octanol–water partition coefficient (Wildman–Crippen LogP) is 2.37. The average Bonchev–Trinajstić information content (AvgIpc) is 2.90. The quantitative estimate of drug-likeness (QED) is 0.582. The van der Waals surface area contributed by atoms with Crippen LogP contribution in [-0.2, 0) is 0 Å². The molecule has 1 N–H and O–H groups in total. The Morgan fingerprint density at radius 2 is 2.10 bits per heavy atom. The zero-order valence-corrected chi connectivity index (χ0v) is 10.6. The van der Waals surface area contributed by atoms with Gasteiger partial charge in [-0.3, -0.25) is 14.7 Å². The molecule has 0 fully saturated rings. The summed E-state index contributed by atoms with van der Waals surface area (Å²) in [6.45, 7) is 0. The van der Waals surface area contributed by atoms with Gasteiger partial charge in [0, 0.05) is 7.05 Å². The number of nitro groups is 1. The van der Waals surface area contributed by atoms with Crippen molar-refractivity contribution < 1.29 is 4.92 Å². The van der Waals surface area contributed by atoms with E-state index < -0.39 is 4.92 Å². The summed E-state index contributed by atoms with van der Waals surface area (Å²) < 4.78 is 1.73. The van der Waals surface area contributed by atoms with Gasteiger partial charge < -0.3 is 5.32 Å². The smallest absolute Gasteiger partial charge is 0.276 e. The molecule has 3 rings (SSSR count). The van der Waals surface area contributed by atoms with Crippen molar-refractivity contribution in [2.75, 3.05) is 12.4 Å². The first kappa shape index (κ1) is 12.1. The SMILES string of the molecule is CNc1cc([N+](=O)[O-])cc(-n2cnc3ccccc32)n1. The van der Waals surface area contributed by atoms with E-state index in [1.165, 1.54) is 12.1 Å². The maximum absolute atomic E-state index is 11.0. The summed E-state index contributed by atoms with van der Waals surface area (Å²) in [5, 5.41) is 13.8. The summed E-state index contributed by atoms with van der Waals surface area (Å²) in [4.78, 5) is 19.1. The van der Waals surface area contributed by atoms with Crippen LogP contribution in [0.2, 0.25) is 0 Å². The molecule has 0 bridgehead atoms. The normalized spacial score (nSPS) is 10.7. The van der Waals surface area contributed by atoms with E-state index in [4.69, 9.17) is 0 Å². The molecule has 0 saturated heterocycles. The van der Waals surface area contributed by atoms with Gasteiger partial charge in [-0.15, -0.1) is 0 Å². The van der Waals surface area contributed by atoms with Crippen LogP contribution in [0.25, 0.3) is 16.9 Å². The minimum absolute atomic E-state index is 0.0165. The topological polar surface area (TPSA) is 85.9 Å². The highest BCUT2D eigenvalue weighted by molar-refractivity contribution is 5.77.